The molecule has 0 radical (unpaired) electrons. The zero-order valence-electron chi connectivity index (χ0n) is 8.13. The molecule has 0 aromatic rings. The lowest BCUT2D eigenvalue weighted by Crippen LogP contribution is -2.34. The molecule has 70 valence electrons. The van der Waals surface area contributed by atoms with Crippen molar-refractivity contribution in [1.82, 2.24) is 4.90 Å². The molecule has 0 aliphatic carbocycles. The Morgan fingerprint density at radius 3 is 2.58 bits per heavy atom. The topological polar surface area (TPSA) is 27.1 Å². The SMILES string of the molecule is CCCCN1C(=N)S[C@H](C)[C@@H]1C. The number of hydrogen-bond acceptors (Lipinski definition) is 2. The molecule has 12 heavy (non-hydrogen) atoms. The highest BCUT2D eigenvalue weighted by Crippen LogP contribution is 2.30. The van der Waals surface area contributed by atoms with Gasteiger partial charge >= 0.3 is 0 Å². The first-order valence-corrected chi connectivity index (χ1v) is 5.56. The summed E-state index contributed by atoms with van der Waals surface area (Å²) in [5, 5.41) is 9.09. The van der Waals surface area contributed by atoms with E-state index in [1.165, 1.54) is 12.8 Å². The Bertz CT molecular complexity index is 170. The highest BCUT2D eigenvalue weighted by molar-refractivity contribution is 8.14. The van der Waals surface area contributed by atoms with Gasteiger partial charge in [0.2, 0.25) is 0 Å². The van der Waals surface area contributed by atoms with E-state index in [1.54, 1.807) is 11.8 Å². The number of thioether (sulfide) groups is 1. The molecule has 0 bridgehead atoms. The second-order valence-corrected chi connectivity index (χ2v) is 4.78. The maximum atomic E-state index is 7.73. The van der Waals surface area contributed by atoms with Crippen molar-refractivity contribution in [2.24, 2.45) is 0 Å². The van der Waals surface area contributed by atoms with E-state index in [9.17, 15) is 0 Å². The molecule has 0 unspecified atom stereocenters. The Kier molecular flexibility index (Phi) is 3.44. The van der Waals surface area contributed by atoms with Gasteiger partial charge in [0.15, 0.2) is 5.17 Å². The van der Waals surface area contributed by atoms with Gasteiger partial charge in [0.1, 0.15) is 0 Å². The van der Waals surface area contributed by atoms with Crippen LogP contribution in [-0.4, -0.2) is 27.9 Å². The average molecular weight is 186 g/mol. The monoisotopic (exact) mass is 186 g/mol. The Balaban J connectivity index is 2.46. The molecule has 0 aromatic carbocycles. The second kappa shape index (κ2) is 4.17. The molecule has 2 atom stereocenters. The fourth-order valence-corrected chi connectivity index (χ4v) is 2.50. The summed E-state index contributed by atoms with van der Waals surface area (Å²) < 4.78 is 0. The third-order valence-corrected chi connectivity index (χ3v) is 3.71. The minimum atomic E-state index is 0.550. The van der Waals surface area contributed by atoms with Gasteiger partial charge < -0.3 is 4.90 Å². The summed E-state index contributed by atoms with van der Waals surface area (Å²) in [6.45, 7) is 7.68. The van der Waals surface area contributed by atoms with Crippen LogP contribution >= 0.6 is 11.8 Å². The lowest BCUT2D eigenvalue weighted by molar-refractivity contribution is 0.338. The van der Waals surface area contributed by atoms with Crippen molar-refractivity contribution < 1.29 is 0 Å². The van der Waals surface area contributed by atoms with Crippen molar-refractivity contribution in [3.05, 3.63) is 0 Å². The maximum Gasteiger partial charge on any atom is 0.156 e. The van der Waals surface area contributed by atoms with E-state index in [0.717, 1.165) is 11.7 Å². The molecule has 1 rings (SSSR count). The van der Waals surface area contributed by atoms with Crippen LogP contribution in [0.15, 0.2) is 0 Å². The van der Waals surface area contributed by atoms with Crippen molar-refractivity contribution in [1.29, 1.82) is 5.41 Å². The van der Waals surface area contributed by atoms with Crippen LogP contribution < -0.4 is 0 Å². The third-order valence-electron chi connectivity index (χ3n) is 2.48. The first kappa shape index (κ1) is 9.90. The highest BCUT2D eigenvalue weighted by Gasteiger charge is 2.31. The summed E-state index contributed by atoms with van der Waals surface area (Å²) in [7, 11) is 0. The number of rotatable bonds is 3. The maximum absolute atomic E-state index is 7.73. The van der Waals surface area contributed by atoms with Gasteiger partial charge in [0.25, 0.3) is 0 Å². The van der Waals surface area contributed by atoms with E-state index in [2.05, 4.69) is 25.7 Å². The molecule has 0 aromatic heterocycles. The van der Waals surface area contributed by atoms with E-state index in [-0.39, 0.29) is 0 Å². The summed E-state index contributed by atoms with van der Waals surface area (Å²) >= 11 is 1.70. The van der Waals surface area contributed by atoms with Crippen LogP contribution in [0.1, 0.15) is 33.6 Å². The van der Waals surface area contributed by atoms with Gasteiger partial charge in [-0.25, -0.2) is 0 Å². The van der Waals surface area contributed by atoms with Gasteiger partial charge in [-0.2, -0.15) is 0 Å². The molecule has 1 saturated heterocycles. The van der Waals surface area contributed by atoms with Crippen LogP contribution in [0.25, 0.3) is 0 Å². The van der Waals surface area contributed by atoms with Crippen molar-refractivity contribution in [3.8, 4) is 0 Å². The molecular weight excluding hydrogens is 168 g/mol. The van der Waals surface area contributed by atoms with Gasteiger partial charge in [-0.15, -0.1) is 0 Å². The fraction of sp³-hybridized carbons (Fsp3) is 0.889. The van der Waals surface area contributed by atoms with Crippen LogP contribution in [0, 0.1) is 5.41 Å². The number of hydrogen-bond donors (Lipinski definition) is 1. The van der Waals surface area contributed by atoms with Crippen molar-refractivity contribution in [3.63, 3.8) is 0 Å². The molecular formula is C9H18N2S. The Morgan fingerprint density at radius 1 is 1.50 bits per heavy atom. The smallest absolute Gasteiger partial charge is 0.156 e. The zero-order chi connectivity index (χ0) is 9.14. The van der Waals surface area contributed by atoms with Crippen molar-refractivity contribution in [2.75, 3.05) is 6.54 Å². The Labute approximate surface area is 79.2 Å². The summed E-state index contributed by atoms with van der Waals surface area (Å²) in [6, 6.07) is 0.550. The number of unbranched alkanes of at least 4 members (excludes halogenated alkanes) is 1. The normalized spacial score (nSPS) is 29.9. The lowest BCUT2D eigenvalue weighted by Gasteiger charge is -2.23. The van der Waals surface area contributed by atoms with Crippen molar-refractivity contribution in [2.45, 2.75) is 44.9 Å². The second-order valence-electron chi connectivity index (χ2n) is 3.42. The molecule has 1 heterocycles. The molecule has 0 amide bonds. The number of amidine groups is 1. The van der Waals surface area contributed by atoms with E-state index >= 15 is 0 Å². The van der Waals surface area contributed by atoms with Gasteiger partial charge in [-0.1, -0.05) is 32.0 Å². The van der Waals surface area contributed by atoms with Gasteiger partial charge in [0, 0.05) is 17.8 Å². The molecule has 1 fully saturated rings. The minimum Gasteiger partial charge on any atom is -0.348 e. The molecule has 0 spiro atoms. The van der Waals surface area contributed by atoms with E-state index in [4.69, 9.17) is 5.41 Å². The molecule has 3 heteroatoms. The average Bonchev–Trinajstić information content (AvgIpc) is 2.25. The molecule has 2 nitrogen and oxygen atoms in total. The fourth-order valence-electron chi connectivity index (χ4n) is 1.41. The van der Waals surface area contributed by atoms with Crippen LogP contribution in [0.3, 0.4) is 0 Å². The van der Waals surface area contributed by atoms with Crippen LogP contribution in [0.4, 0.5) is 0 Å². The molecule has 1 N–H and O–H groups in total. The summed E-state index contributed by atoms with van der Waals surface area (Å²) in [5.41, 5.74) is 0. The predicted molar refractivity (Wildman–Crippen MR) is 55.9 cm³/mol. The van der Waals surface area contributed by atoms with Crippen LogP contribution in [0.5, 0.6) is 0 Å². The molecule has 1 aliphatic heterocycles. The van der Waals surface area contributed by atoms with Crippen LogP contribution in [0.2, 0.25) is 0 Å². The first-order chi connectivity index (χ1) is 5.66. The summed E-state index contributed by atoms with van der Waals surface area (Å²) in [6.07, 6.45) is 2.43. The van der Waals surface area contributed by atoms with Crippen LogP contribution in [-0.2, 0) is 0 Å². The predicted octanol–water partition coefficient (Wildman–Crippen LogP) is 2.55. The standard InChI is InChI=1S/C9H18N2S/c1-4-5-6-11-7(2)8(3)12-9(11)10/h7-8,10H,4-6H2,1-3H3/t7-,8+/m0/s1. The number of nitrogens with zero attached hydrogens (tertiary/aromatic N) is 1. The molecule has 0 saturated carbocycles. The van der Waals surface area contributed by atoms with E-state index in [1.807, 2.05) is 0 Å². The highest BCUT2D eigenvalue weighted by atomic mass is 32.2. The minimum absolute atomic E-state index is 0.550. The van der Waals surface area contributed by atoms with Gasteiger partial charge in [0.05, 0.1) is 0 Å². The van der Waals surface area contributed by atoms with Gasteiger partial charge in [-0.05, 0) is 13.3 Å². The first-order valence-electron chi connectivity index (χ1n) is 4.68. The number of nitrogens with one attached hydrogen (secondary N) is 1. The van der Waals surface area contributed by atoms with Crippen molar-refractivity contribution >= 4 is 16.9 Å². The van der Waals surface area contributed by atoms with Gasteiger partial charge in [-0.3, -0.25) is 5.41 Å². The van der Waals surface area contributed by atoms with E-state index in [0.29, 0.717) is 11.3 Å². The Hall–Kier alpha value is -0.180. The third kappa shape index (κ3) is 1.94. The zero-order valence-corrected chi connectivity index (χ0v) is 8.95. The summed E-state index contributed by atoms with van der Waals surface area (Å²) in [4.78, 5) is 2.22. The summed E-state index contributed by atoms with van der Waals surface area (Å²) in [5.74, 6) is 0. The molecule has 1 aliphatic rings. The lowest BCUT2D eigenvalue weighted by atomic mass is 10.2. The quantitative estimate of drug-likeness (QED) is 0.733. The Morgan fingerprint density at radius 2 is 2.17 bits per heavy atom. The van der Waals surface area contributed by atoms with E-state index < -0.39 is 0 Å². The largest absolute Gasteiger partial charge is 0.348 e.